The highest BCUT2D eigenvalue weighted by molar-refractivity contribution is 7.20. The molecule has 10 rings (SSSR count). The number of fused-ring (bicyclic) bond motifs is 3. The first-order chi connectivity index (χ1) is 42.6. The maximum Gasteiger partial charge on any atom is 0.416 e. The molecule has 10 aromatic rings. The Kier molecular flexibility index (Phi) is 18.2. The Morgan fingerprint density at radius 1 is 0.272 bits per heavy atom. The number of hydrogen-bond acceptors (Lipinski definition) is 0. The fraction of sp³-hybridized carbons (Fsp3) is 0.197. The molecule has 1 heterocycles. The zero-order valence-electron chi connectivity index (χ0n) is 46.6. The van der Waals surface area contributed by atoms with Crippen molar-refractivity contribution in [1.82, 2.24) is 0 Å². The van der Waals surface area contributed by atoms with Crippen LogP contribution in [0.25, 0.3) is 32.3 Å². The molecule has 1 nitrogen and oxygen atoms in total. The number of nitrogens with zero attached hydrogens (tertiary/aromatic N) is 1. The number of benzene rings is 9. The highest BCUT2D eigenvalue weighted by atomic mass is 19.4. The molecule has 0 saturated carbocycles. The van der Waals surface area contributed by atoms with Crippen molar-refractivity contribution in [2.75, 3.05) is 0 Å². The van der Waals surface area contributed by atoms with Gasteiger partial charge in [0.25, 0.3) is 0 Å². The number of aryl methyl sites for hydroxylation is 2. The summed E-state index contributed by atoms with van der Waals surface area (Å²) in [5, 5.41) is 8.19. The van der Waals surface area contributed by atoms with Gasteiger partial charge in [-0.05, 0) is 88.2 Å². The quantitative estimate of drug-likeness (QED) is 0.0400. The topological polar surface area (TPSA) is 3.88 Å². The molecule has 0 bridgehead atoms. The van der Waals surface area contributed by atoms with Crippen LogP contribution in [0.3, 0.4) is 0 Å². The van der Waals surface area contributed by atoms with Crippen LogP contribution in [-0.2, 0) is 68.8 Å². The lowest BCUT2D eigenvalue weighted by molar-refractivity contribution is -0.694. The van der Waals surface area contributed by atoms with Crippen molar-refractivity contribution in [3.8, 4) is 0 Å². The lowest BCUT2D eigenvalue weighted by Crippen LogP contribution is -2.75. The lowest BCUT2D eigenvalue weighted by atomic mass is 9.12. The van der Waals surface area contributed by atoms with Crippen molar-refractivity contribution in [3.05, 3.63) is 256 Å². The van der Waals surface area contributed by atoms with E-state index in [0.717, 1.165) is 19.4 Å². The maximum absolute atomic E-state index is 14.2. The normalized spacial score (nSPS) is 13.2. The molecule has 1 aromatic heterocycles. The summed E-state index contributed by atoms with van der Waals surface area (Å²) >= 11 is 0. The minimum atomic E-state index is -6.13. The first-order valence-electron chi connectivity index (χ1n) is 27.3. The minimum Gasteiger partial charge on any atom is -0.198 e. The molecule has 0 aliphatic heterocycles. The second kappa shape index (κ2) is 24.7. The highest BCUT2D eigenvalue weighted by Gasteiger charge is 2.47. The van der Waals surface area contributed by atoms with E-state index in [1.54, 1.807) is 0 Å². The molecule has 0 N–H and O–H groups in total. The van der Waals surface area contributed by atoms with Gasteiger partial charge >= 0.3 is 49.4 Å². The first kappa shape index (κ1) is 67.7. The van der Waals surface area contributed by atoms with Crippen molar-refractivity contribution < 1.29 is 110 Å². The molecule has 0 unspecified atom stereocenters. The van der Waals surface area contributed by atoms with Crippen LogP contribution in [0, 0.1) is 0 Å². The SMILES string of the molecule is FC(F)(F)c1cc([B-](c2cc(C(F)(F)F)cc(C(F)(F)F)c2)(c2cc(C(F)(F)F)cc(C(F)(F)F)c2)c2cc(C(F)(F)F)cc(C(F)(F)F)c2)cc(C(F)(F)F)c1.c1ccc(C[n+]2ccc3ccccc3c2CCCCc2c3ccccc3cc3ccccc23)cc1. The van der Waals surface area contributed by atoms with Crippen molar-refractivity contribution in [1.29, 1.82) is 0 Å². The molecular formula is C66H42BF24N. The second-order valence-corrected chi connectivity index (χ2v) is 21.7. The minimum absolute atomic E-state index is 0.691. The molecule has 0 atom stereocenters. The Morgan fingerprint density at radius 2 is 0.554 bits per heavy atom. The summed E-state index contributed by atoms with van der Waals surface area (Å²) in [7, 11) is 0. The van der Waals surface area contributed by atoms with Gasteiger partial charge in [0.05, 0.1) is 44.5 Å². The van der Waals surface area contributed by atoms with Crippen molar-refractivity contribution in [2.45, 2.75) is 81.6 Å². The zero-order valence-corrected chi connectivity index (χ0v) is 46.6. The molecule has 0 radical (unpaired) electrons. The van der Waals surface area contributed by atoms with E-state index in [1.165, 1.54) is 62.0 Å². The summed E-state index contributed by atoms with van der Waals surface area (Å²) < 4.78 is 343. The van der Waals surface area contributed by atoms with Gasteiger partial charge in [0.15, 0.2) is 18.4 Å². The molecule has 0 spiro atoms. The third kappa shape index (κ3) is 14.8. The van der Waals surface area contributed by atoms with Crippen molar-refractivity contribution in [3.63, 3.8) is 0 Å². The van der Waals surface area contributed by atoms with Crippen LogP contribution in [-0.4, -0.2) is 6.15 Å². The standard InChI is InChI=1S/C34H30N.C32H12BF24/c1-2-12-26(13-3-1)25-35-23-22-27-14-4-9-19-32(27)34(35)21-11-10-20-33-30-17-7-5-15-28(30)24-29-16-6-8-18-31(29)33;34-25(35,36)13-1-14(26(37,38)39)6-21(5-13)33(22-7-15(27(40,41)42)2-16(8-22)28(43,44)45,23-9-17(29(46,47)48)3-18(10-23)30(49,50)51)24-11-19(31(52,53)54)4-20(12-24)32(55,56)57/h1-9,12-19,22-24H,10-11,20-21,25H2;1-12H/q+1;-1. The third-order valence-corrected chi connectivity index (χ3v) is 15.7. The fourth-order valence-electron chi connectivity index (χ4n) is 11.6. The van der Waals surface area contributed by atoms with E-state index < -0.39 is 195 Å². The van der Waals surface area contributed by atoms with E-state index in [1.807, 2.05) is 0 Å². The largest absolute Gasteiger partial charge is 0.416 e. The van der Waals surface area contributed by atoms with Gasteiger partial charge in [-0.2, -0.15) is 132 Å². The molecule has 0 aliphatic carbocycles. The summed E-state index contributed by atoms with van der Waals surface area (Å²) in [6, 6.07) is 33.1. The van der Waals surface area contributed by atoms with Crippen molar-refractivity contribution in [2.24, 2.45) is 0 Å². The van der Waals surface area contributed by atoms with Crippen LogP contribution >= 0.6 is 0 Å². The van der Waals surface area contributed by atoms with Crippen LogP contribution in [0.15, 0.2) is 194 Å². The van der Waals surface area contributed by atoms with Gasteiger partial charge in [-0.15, -0.1) is 0 Å². The van der Waals surface area contributed by atoms with Gasteiger partial charge in [-0.1, -0.05) is 146 Å². The Morgan fingerprint density at radius 3 is 0.880 bits per heavy atom. The van der Waals surface area contributed by atoms with E-state index in [2.05, 4.69) is 126 Å². The fourth-order valence-corrected chi connectivity index (χ4v) is 11.6. The maximum atomic E-state index is 14.2. The molecular weight excluding hydrogens is 1270 g/mol. The summed E-state index contributed by atoms with van der Waals surface area (Å²) in [5.41, 5.74) is -25.9. The number of pyridine rings is 1. The smallest absolute Gasteiger partial charge is 0.198 e. The average Bonchev–Trinajstić information content (AvgIpc) is 0.709. The van der Waals surface area contributed by atoms with Crippen LogP contribution < -0.4 is 26.4 Å². The molecule has 0 fully saturated rings. The summed E-state index contributed by atoms with van der Waals surface area (Å²) in [5.74, 6) is 0. The van der Waals surface area contributed by atoms with Gasteiger partial charge in [-0.3, -0.25) is 0 Å². The Labute approximate surface area is 506 Å². The van der Waals surface area contributed by atoms with Gasteiger partial charge in [0.2, 0.25) is 0 Å². The molecule has 0 aliphatic rings. The van der Waals surface area contributed by atoms with Crippen LogP contribution in [0.1, 0.15) is 74.2 Å². The molecule has 92 heavy (non-hydrogen) atoms. The van der Waals surface area contributed by atoms with E-state index in [0.29, 0.717) is 0 Å². The number of unbranched alkanes of at least 4 members (excludes halogenated alkanes) is 1. The van der Waals surface area contributed by atoms with Gasteiger partial charge in [0, 0.05) is 23.4 Å². The molecule has 0 amide bonds. The number of rotatable bonds is 11. The second-order valence-electron chi connectivity index (χ2n) is 21.7. The highest BCUT2D eigenvalue weighted by Crippen LogP contribution is 2.42. The van der Waals surface area contributed by atoms with E-state index >= 15 is 0 Å². The Balaban J connectivity index is 0.000000242. The predicted octanol–water partition coefficient (Wildman–Crippen LogP) is 19.3. The third-order valence-electron chi connectivity index (χ3n) is 15.7. The Bertz CT molecular complexity index is 3830. The number of halogens is 24. The van der Waals surface area contributed by atoms with E-state index in [-0.39, 0.29) is 0 Å². The zero-order chi connectivity index (χ0) is 67.4. The molecule has 9 aromatic carbocycles. The van der Waals surface area contributed by atoms with Gasteiger partial charge in [0.1, 0.15) is 6.15 Å². The van der Waals surface area contributed by atoms with Crippen molar-refractivity contribution >= 4 is 60.3 Å². The van der Waals surface area contributed by atoms with Crippen LogP contribution in [0.2, 0.25) is 0 Å². The van der Waals surface area contributed by atoms with Gasteiger partial charge < -0.3 is 0 Å². The van der Waals surface area contributed by atoms with Crippen LogP contribution in [0.5, 0.6) is 0 Å². The first-order valence-corrected chi connectivity index (χ1v) is 27.3. The number of aromatic nitrogens is 1. The summed E-state index contributed by atoms with van der Waals surface area (Å²) in [6.45, 7) is 0.912. The van der Waals surface area contributed by atoms with Gasteiger partial charge in [-0.25, -0.2) is 0 Å². The summed E-state index contributed by atoms with van der Waals surface area (Å²) in [4.78, 5) is 0. The summed E-state index contributed by atoms with van der Waals surface area (Å²) in [6.07, 6.45) is -48.0. The predicted molar refractivity (Wildman–Crippen MR) is 298 cm³/mol. The number of hydrogen-bond donors (Lipinski definition) is 0. The average molecular weight is 1320 g/mol. The lowest BCUT2D eigenvalue weighted by Gasteiger charge is -2.46. The molecule has 26 heteroatoms. The van der Waals surface area contributed by atoms with Crippen LogP contribution in [0.4, 0.5) is 105 Å². The monoisotopic (exact) mass is 1320 g/mol. The molecule has 482 valence electrons. The van der Waals surface area contributed by atoms with E-state index in [9.17, 15) is 105 Å². The number of alkyl halides is 24. The Hall–Kier alpha value is -8.71. The molecule has 0 saturated heterocycles. The van der Waals surface area contributed by atoms with E-state index in [4.69, 9.17) is 0 Å².